The SMILES string of the molecule is COC(=O)c1c(NC(=O)COC(=O)C23C[C@@H]4C[C@@H](C2)CC(c2ccccc2)(C4)C3)sc(C)c1C. The number of aryl methyl sites for hydroxylation is 1. The van der Waals surface area contributed by atoms with Crippen molar-refractivity contribution in [1.29, 1.82) is 0 Å². The lowest BCUT2D eigenvalue weighted by Crippen LogP contribution is -2.57. The van der Waals surface area contributed by atoms with E-state index in [0.29, 0.717) is 22.4 Å². The molecule has 4 aliphatic rings. The number of amides is 1. The molecule has 6 rings (SSSR count). The molecule has 1 N–H and O–H groups in total. The van der Waals surface area contributed by atoms with Crippen LogP contribution >= 0.6 is 11.3 Å². The molecule has 0 unspecified atom stereocenters. The number of methoxy groups -OCH3 is 1. The Morgan fingerprint density at radius 1 is 1.06 bits per heavy atom. The van der Waals surface area contributed by atoms with Crippen molar-refractivity contribution in [2.75, 3.05) is 19.0 Å². The number of rotatable bonds is 6. The van der Waals surface area contributed by atoms with Gasteiger partial charge in [-0.25, -0.2) is 4.79 Å². The minimum Gasteiger partial charge on any atom is -0.465 e. The smallest absolute Gasteiger partial charge is 0.341 e. The maximum absolute atomic E-state index is 13.4. The third kappa shape index (κ3) is 3.84. The number of benzene rings is 1. The van der Waals surface area contributed by atoms with Crippen molar-refractivity contribution in [2.45, 2.75) is 57.8 Å². The van der Waals surface area contributed by atoms with Crippen LogP contribution in [0.1, 0.15) is 64.9 Å². The Morgan fingerprint density at radius 3 is 2.38 bits per heavy atom. The van der Waals surface area contributed by atoms with Gasteiger partial charge >= 0.3 is 11.9 Å². The van der Waals surface area contributed by atoms with E-state index in [1.54, 1.807) is 0 Å². The lowest BCUT2D eigenvalue weighted by Gasteiger charge is -2.61. The number of hydrogen-bond donors (Lipinski definition) is 1. The Balaban J connectivity index is 1.29. The average molecular weight is 482 g/mol. The fourth-order valence-electron chi connectivity index (χ4n) is 7.14. The third-order valence-corrected chi connectivity index (χ3v) is 9.37. The van der Waals surface area contributed by atoms with Gasteiger partial charge in [-0.1, -0.05) is 30.3 Å². The fraction of sp³-hybridized carbons (Fsp3) is 0.519. The zero-order valence-corrected chi connectivity index (χ0v) is 20.8. The van der Waals surface area contributed by atoms with Crippen LogP contribution in [0.15, 0.2) is 30.3 Å². The van der Waals surface area contributed by atoms with Crippen LogP contribution in [0.4, 0.5) is 5.00 Å². The predicted octanol–water partition coefficient (Wildman–Crippen LogP) is 5.17. The van der Waals surface area contributed by atoms with E-state index >= 15 is 0 Å². The number of anilines is 1. The highest BCUT2D eigenvalue weighted by Crippen LogP contribution is 2.66. The summed E-state index contributed by atoms with van der Waals surface area (Å²) in [6.07, 6.45) is 5.97. The van der Waals surface area contributed by atoms with Crippen LogP contribution in [0, 0.1) is 31.1 Å². The summed E-state index contributed by atoms with van der Waals surface area (Å²) in [6, 6.07) is 10.6. The molecule has 34 heavy (non-hydrogen) atoms. The van der Waals surface area contributed by atoms with Gasteiger partial charge in [-0.15, -0.1) is 11.3 Å². The maximum Gasteiger partial charge on any atom is 0.341 e. The van der Waals surface area contributed by atoms with Gasteiger partial charge in [-0.3, -0.25) is 9.59 Å². The molecular weight excluding hydrogens is 450 g/mol. The van der Waals surface area contributed by atoms with Crippen LogP contribution in [0.3, 0.4) is 0 Å². The molecule has 4 aliphatic carbocycles. The van der Waals surface area contributed by atoms with Gasteiger partial charge in [0, 0.05) is 4.88 Å². The first kappa shape index (κ1) is 23.1. The maximum atomic E-state index is 13.4. The molecule has 0 aliphatic heterocycles. The summed E-state index contributed by atoms with van der Waals surface area (Å²) < 4.78 is 10.5. The minimum absolute atomic E-state index is 0.0358. The monoisotopic (exact) mass is 481 g/mol. The number of thiophene rings is 1. The van der Waals surface area contributed by atoms with Gasteiger partial charge in [0.05, 0.1) is 18.1 Å². The zero-order chi connectivity index (χ0) is 24.1. The zero-order valence-electron chi connectivity index (χ0n) is 19.9. The molecule has 0 saturated heterocycles. The second kappa shape index (κ2) is 8.52. The first-order chi connectivity index (χ1) is 16.2. The average Bonchev–Trinajstić information content (AvgIpc) is 3.09. The standard InChI is InChI=1S/C27H31NO5S/c1-16-17(2)34-23(22(16)24(30)32-3)28-21(29)14-33-25(31)27-12-18-9-19(13-27)11-26(10-18,15-27)20-7-5-4-6-8-20/h4-8,18-19H,9-15H2,1-3H3,(H,28,29)/t18-,19-,26?,27?/m1/s1. The summed E-state index contributed by atoms with van der Waals surface area (Å²) in [5, 5.41) is 3.18. The molecule has 6 nitrogen and oxygen atoms in total. The molecule has 1 aromatic heterocycles. The van der Waals surface area contributed by atoms with Crippen molar-refractivity contribution < 1.29 is 23.9 Å². The summed E-state index contributed by atoms with van der Waals surface area (Å²) in [5.41, 5.74) is 2.00. The number of carbonyl (C=O) groups is 3. The molecule has 0 spiro atoms. The minimum atomic E-state index is -0.506. The van der Waals surface area contributed by atoms with Crippen molar-refractivity contribution >= 4 is 34.2 Å². The van der Waals surface area contributed by atoms with Crippen LogP contribution in [-0.4, -0.2) is 31.6 Å². The first-order valence-corrected chi connectivity index (χ1v) is 12.8. The van der Waals surface area contributed by atoms with Crippen LogP contribution in [0.2, 0.25) is 0 Å². The molecule has 2 atom stereocenters. The largest absolute Gasteiger partial charge is 0.465 e. The van der Waals surface area contributed by atoms with Gasteiger partial charge in [0.1, 0.15) is 5.00 Å². The normalized spacial score (nSPS) is 29.0. The van der Waals surface area contributed by atoms with E-state index in [2.05, 4.69) is 29.6 Å². The molecule has 7 heteroatoms. The molecule has 2 aromatic rings. The van der Waals surface area contributed by atoms with E-state index in [0.717, 1.165) is 42.5 Å². The predicted molar refractivity (Wildman–Crippen MR) is 130 cm³/mol. The molecule has 4 fully saturated rings. The highest BCUT2D eigenvalue weighted by Gasteiger charge is 2.61. The van der Waals surface area contributed by atoms with E-state index in [1.807, 2.05) is 19.9 Å². The topological polar surface area (TPSA) is 81.7 Å². The van der Waals surface area contributed by atoms with E-state index in [9.17, 15) is 14.4 Å². The van der Waals surface area contributed by atoms with Crippen LogP contribution in [-0.2, 0) is 24.5 Å². The van der Waals surface area contributed by atoms with Crippen molar-refractivity contribution in [1.82, 2.24) is 0 Å². The van der Waals surface area contributed by atoms with Crippen molar-refractivity contribution in [3.05, 3.63) is 51.9 Å². The summed E-state index contributed by atoms with van der Waals surface area (Å²) in [4.78, 5) is 39.2. The van der Waals surface area contributed by atoms with Gasteiger partial charge in [0.2, 0.25) is 0 Å². The summed E-state index contributed by atoms with van der Waals surface area (Å²) >= 11 is 1.32. The van der Waals surface area contributed by atoms with Gasteiger partial charge in [0.25, 0.3) is 5.91 Å². The van der Waals surface area contributed by atoms with Crippen molar-refractivity contribution in [3.63, 3.8) is 0 Å². The van der Waals surface area contributed by atoms with Crippen molar-refractivity contribution in [2.24, 2.45) is 17.3 Å². The Kier molecular flexibility index (Phi) is 5.79. The fourth-order valence-corrected chi connectivity index (χ4v) is 8.21. The molecule has 1 amide bonds. The molecular formula is C27H31NO5S. The van der Waals surface area contributed by atoms with Crippen molar-refractivity contribution in [3.8, 4) is 0 Å². The number of hydrogen-bond acceptors (Lipinski definition) is 6. The Labute approximate surface area is 204 Å². The lowest BCUT2D eigenvalue weighted by molar-refractivity contribution is -0.175. The molecule has 4 bridgehead atoms. The quantitative estimate of drug-likeness (QED) is 0.576. The summed E-state index contributed by atoms with van der Waals surface area (Å²) in [5.74, 6) is -0.120. The molecule has 0 radical (unpaired) electrons. The van der Waals surface area contributed by atoms with Crippen LogP contribution in [0.5, 0.6) is 0 Å². The number of ether oxygens (including phenoxy) is 2. The second-order valence-corrected chi connectivity index (χ2v) is 11.7. The Bertz CT molecular complexity index is 1120. The van der Waals surface area contributed by atoms with Gasteiger partial charge in [-0.05, 0) is 80.8 Å². The van der Waals surface area contributed by atoms with Gasteiger partial charge < -0.3 is 14.8 Å². The van der Waals surface area contributed by atoms with E-state index in [1.165, 1.54) is 30.4 Å². The van der Waals surface area contributed by atoms with E-state index in [-0.39, 0.29) is 18.0 Å². The number of carbonyl (C=O) groups excluding carboxylic acids is 3. The number of esters is 2. The first-order valence-electron chi connectivity index (χ1n) is 12.0. The van der Waals surface area contributed by atoms with Crippen LogP contribution < -0.4 is 5.32 Å². The molecule has 4 saturated carbocycles. The highest BCUT2D eigenvalue weighted by atomic mass is 32.1. The van der Waals surface area contributed by atoms with E-state index < -0.39 is 17.3 Å². The lowest BCUT2D eigenvalue weighted by atomic mass is 9.43. The van der Waals surface area contributed by atoms with Crippen LogP contribution in [0.25, 0.3) is 0 Å². The highest BCUT2D eigenvalue weighted by molar-refractivity contribution is 7.16. The third-order valence-electron chi connectivity index (χ3n) is 8.24. The summed E-state index contributed by atoms with van der Waals surface area (Å²) in [7, 11) is 1.32. The van der Waals surface area contributed by atoms with E-state index in [4.69, 9.17) is 9.47 Å². The summed E-state index contributed by atoms with van der Waals surface area (Å²) in [6.45, 7) is 3.35. The molecule has 180 valence electrons. The Hall–Kier alpha value is -2.67. The molecule has 1 heterocycles. The van der Waals surface area contributed by atoms with Gasteiger partial charge in [0.15, 0.2) is 6.61 Å². The number of nitrogens with one attached hydrogen (secondary N) is 1. The second-order valence-electron chi connectivity index (χ2n) is 10.5. The molecule has 1 aromatic carbocycles. The van der Waals surface area contributed by atoms with Gasteiger partial charge in [-0.2, -0.15) is 0 Å². The Morgan fingerprint density at radius 2 is 1.74 bits per heavy atom.